The van der Waals surface area contributed by atoms with Crippen molar-refractivity contribution in [2.75, 3.05) is 0 Å². The van der Waals surface area contributed by atoms with Gasteiger partial charge in [0, 0.05) is 23.3 Å². The molecule has 3 aromatic carbocycles. The molecule has 0 saturated heterocycles. The molecule has 5 heteroatoms. The Morgan fingerprint density at radius 1 is 0.875 bits per heavy atom. The molecule has 0 saturated carbocycles. The lowest BCUT2D eigenvalue weighted by Gasteiger charge is -2.00. The fourth-order valence-electron chi connectivity index (χ4n) is 2.61. The molecule has 4 rings (SSSR count). The molecule has 4 aromatic rings. The van der Waals surface area contributed by atoms with Crippen molar-refractivity contribution in [3.05, 3.63) is 83.0 Å². The fourth-order valence-corrected chi connectivity index (χ4v) is 2.61. The van der Waals surface area contributed by atoms with E-state index in [-0.39, 0.29) is 5.69 Å². The number of nitro benzene ring substituents is 1. The number of rotatable bonds is 3. The Balaban J connectivity index is 1.69. The first-order valence-corrected chi connectivity index (χ1v) is 7.40. The summed E-state index contributed by atoms with van der Waals surface area (Å²) in [5.74, 6) is 1.10. The first kappa shape index (κ1) is 14.1. The second-order valence-corrected chi connectivity index (χ2v) is 5.40. The molecule has 0 spiro atoms. The Labute approximate surface area is 137 Å². The molecule has 0 aliphatic rings. The molecule has 24 heavy (non-hydrogen) atoms. The molecular formula is C19H12N2O3. The number of non-ortho nitro benzene ring substituents is 1. The molecule has 0 unspecified atom stereocenters. The van der Waals surface area contributed by atoms with E-state index in [1.165, 1.54) is 12.1 Å². The molecular weight excluding hydrogens is 304 g/mol. The molecule has 0 fully saturated rings. The second-order valence-electron chi connectivity index (χ2n) is 5.40. The minimum absolute atomic E-state index is 0.0417. The predicted octanol–water partition coefficient (Wildman–Crippen LogP) is 5.07. The van der Waals surface area contributed by atoms with Crippen molar-refractivity contribution in [2.24, 2.45) is 0 Å². The van der Waals surface area contributed by atoms with Crippen LogP contribution in [0.1, 0.15) is 0 Å². The monoisotopic (exact) mass is 316 g/mol. The average Bonchev–Trinajstić information content (AvgIpc) is 3.11. The first-order chi connectivity index (χ1) is 11.7. The lowest BCUT2D eigenvalue weighted by Crippen LogP contribution is -1.87. The zero-order valence-electron chi connectivity index (χ0n) is 12.5. The van der Waals surface area contributed by atoms with Crippen molar-refractivity contribution in [1.82, 2.24) is 4.98 Å². The van der Waals surface area contributed by atoms with Crippen LogP contribution in [0.15, 0.2) is 77.3 Å². The number of fused-ring (bicyclic) bond motifs is 1. The van der Waals surface area contributed by atoms with E-state index in [0.29, 0.717) is 17.2 Å². The number of nitro groups is 1. The summed E-state index contributed by atoms with van der Waals surface area (Å²) in [6.07, 6.45) is 1.67. The number of benzene rings is 3. The van der Waals surface area contributed by atoms with Crippen LogP contribution in [0.5, 0.6) is 0 Å². The Morgan fingerprint density at radius 2 is 1.58 bits per heavy atom. The Bertz CT molecular complexity index is 1040. The zero-order valence-corrected chi connectivity index (χ0v) is 12.5. The third-order valence-electron chi connectivity index (χ3n) is 3.86. The van der Waals surface area contributed by atoms with Crippen LogP contribution in [0.2, 0.25) is 0 Å². The van der Waals surface area contributed by atoms with E-state index in [9.17, 15) is 10.1 Å². The summed E-state index contributed by atoms with van der Waals surface area (Å²) in [5.41, 5.74) is 1.68. The minimum Gasteiger partial charge on any atom is -0.436 e. The summed E-state index contributed by atoms with van der Waals surface area (Å²) >= 11 is 0. The van der Waals surface area contributed by atoms with Gasteiger partial charge >= 0.3 is 0 Å². The van der Waals surface area contributed by atoms with E-state index in [1.807, 2.05) is 30.3 Å². The summed E-state index contributed by atoms with van der Waals surface area (Å²) < 4.78 is 5.82. The summed E-state index contributed by atoms with van der Waals surface area (Å²) in [5, 5.41) is 13.0. The first-order valence-electron chi connectivity index (χ1n) is 7.40. The van der Waals surface area contributed by atoms with Gasteiger partial charge in [0.25, 0.3) is 5.69 Å². The SMILES string of the molecule is O=[N+]([O-])c1ccc(-c2ncc(-c3ccc4ccccc4c3)o2)cc1. The van der Waals surface area contributed by atoms with Crippen LogP contribution in [0.3, 0.4) is 0 Å². The molecule has 0 N–H and O–H groups in total. The maximum absolute atomic E-state index is 10.7. The normalized spacial score (nSPS) is 10.8. The van der Waals surface area contributed by atoms with E-state index in [0.717, 1.165) is 16.3 Å². The lowest BCUT2D eigenvalue weighted by atomic mass is 10.1. The highest BCUT2D eigenvalue weighted by molar-refractivity contribution is 5.86. The van der Waals surface area contributed by atoms with Crippen LogP contribution < -0.4 is 0 Å². The van der Waals surface area contributed by atoms with Gasteiger partial charge in [0.1, 0.15) is 0 Å². The highest BCUT2D eigenvalue weighted by Gasteiger charge is 2.11. The molecule has 0 aliphatic carbocycles. The maximum Gasteiger partial charge on any atom is 0.269 e. The number of hydrogen-bond acceptors (Lipinski definition) is 4. The van der Waals surface area contributed by atoms with Gasteiger partial charge in [-0.15, -0.1) is 0 Å². The van der Waals surface area contributed by atoms with Gasteiger partial charge < -0.3 is 4.42 Å². The lowest BCUT2D eigenvalue weighted by molar-refractivity contribution is -0.384. The summed E-state index contributed by atoms with van der Waals surface area (Å²) in [4.78, 5) is 14.6. The predicted molar refractivity (Wildman–Crippen MR) is 91.5 cm³/mol. The van der Waals surface area contributed by atoms with Crippen LogP contribution in [0.25, 0.3) is 33.6 Å². The topological polar surface area (TPSA) is 69.2 Å². The van der Waals surface area contributed by atoms with Crippen LogP contribution in [-0.2, 0) is 0 Å². The average molecular weight is 316 g/mol. The molecule has 116 valence electrons. The molecule has 0 amide bonds. The van der Waals surface area contributed by atoms with E-state index < -0.39 is 4.92 Å². The van der Waals surface area contributed by atoms with Crippen molar-refractivity contribution < 1.29 is 9.34 Å². The van der Waals surface area contributed by atoms with Gasteiger partial charge in [0.2, 0.25) is 5.89 Å². The number of hydrogen-bond donors (Lipinski definition) is 0. The number of nitrogens with zero attached hydrogens (tertiary/aromatic N) is 2. The highest BCUT2D eigenvalue weighted by Crippen LogP contribution is 2.29. The standard InChI is InChI=1S/C19H12N2O3/c22-21(23)17-9-7-14(8-10-17)19-20-12-18(24-19)16-6-5-13-3-1-2-4-15(13)11-16/h1-12H. The van der Waals surface area contributed by atoms with Crippen molar-refractivity contribution in [2.45, 2.75) is 0 Å². The molecule has 0 radical (unpaired) electrons. The number of aromatic nitrogens is 1. The van der Waals surface area contributed by atoms with Crippen LogP contribution in [-0.4, -0.2) is 9.91 Å². The molecule has 0 aliphatic heterocycles. The number of oxazole rings is 1. The van der Waals surface area contributed by atoms with E-state index in [1.54, 1.807) is 18.3 Å². The van der Waals surface area contributed by atoms with Crippen molar-refractivity contribution in [3.8, 4) is 22.8 Å². The quantitative estimate of drug-likeness (QED) is 0.391. The molecule has 5 nitrogen and oxygen atoms in total. The summed E-state index contributed by atoms with van der Waals surface area (Å²) in [6.45, 7) is 0. The van der Waals surface area contributed by atoms with Gasteiger partial charge in [-0.3, -0.25) is 10.1 Å². The van der Waals surface area contributed by atoms with Crippen molar-refractivity contribution in [3.63, 3.8) is 0 Å². The fraction of sp³-hybridized carbons (Fsp3) is 0. The smallest absolute Gasteiger partial charge is 0.269 e. The molecule has 0 bridgehead atoms. The van der Waals surface area contributed by atoms with Crippen LogP contribution in [0.4, 0.5) is 5.69 Å². The van der Waals surface area contributed by atoms with Gasteiger partial charge in [0.15, 0.2) is 5.76 Å². The largest absolute Gasteiger partial charge is 0.436 e. The minimum atomic E-state index is -0.431. The van der Waals surface area contributed by atoms with Crippen LogP contribution >= 0.6 is 0 Å². The van der Waals surface area contributed by atoms with E-state index in [2.05, 4.69) is 17.1 Å². The highest BCUT2D eigenvalue weighted by atomic mass is 16.6. The van der Waals surface area contributed by atoms with Crippen molar-refractivity contribution >= 4 is 16.5 Å². The third kappa shape index (κ3) is 2.52. The van der Waals surface area contributed by atoms with Gasteiger partial charge in [-0.2, -0.15) is 0 Å². The van der Waals surface area contributed by atoms with Gasteiger partial charge in [-0.1, -0.05) is 36.4 Å². The van der Waals surface area contributed by atoms with Gasteiger partial charge in [0.05, 0.1) is 11.1 Å². The molecule has 1 heterocycles. The third-order valence-corrected chi connectivity index (χ3v) is 3.86. The molecule has 1 aromatic heterocycles. The van der Waals surface area contributed by atoms with E-state index >= 15 is 0 Å². The Hall–Kier alpha value is -3.47. The zero-order chi connectivity index (χ0) is 16.5. The second kappa shape index (κ2) is 5.62. The molecule has 0 atom stereocenters. The van der Waals surface area contributed by atoms with E-state index in [4.69, 9.17) is 4.42 Å². The Morgan fingerprint density at radius 3 is 2.33 bits per heavy atom. The summed E-state index contributed by atoms with van der Waals surface area (Å²) in [6, 6.07) is 20.3. The Kier molecular flexibility index (Phi) is 3.31. The van der Waals surface area contributed by atoms with Crippen LogP contribution in [0, 0.1) is 10.1 Å². The maximum atomic E-state index is 10.7. The van der Waals surface area contributed by atoms with Gasteiger partial charge in [-0.25, -0.2) is 4.98 Å². The summed E-state index contributed by atoms with van der Waals surface area (Å²) in [7, 11) is 0. The van der Waals surface area contributed by atoms with Crippen molar-refractivity contribution in [1.29, 1.82) is 0 Å². The van der Waals surface area contributed by atoms with Gasteiger partial charge in [-0.05, 0) is 29.0 Å².